The lowest BCUT2D eigenvalue weighted by Gasteiger charge is -2.22. The van der Waals surface area contributed by atoms with Crippen LogP contribution in [-0.4, -0.2) is 24.4 Å². The molecule has 0 atom stereocenters. The van der Waals surface area contributed by atoms with Crippen LogP contribution in [0.3, 0.4) is 0 Å². The largest absolute Gasteiger partial charge is 0.376 e. The van der Waals surface area contributed by atoms with Gasteiger partial charge in [0.1, 0.15) is 0 Å². The highest BCUT2D eigenvalue weighted by atomic mass is 16.2. The molecule has 1 saturated carbocycles. The van der Waals surface area contributed by atoms with Crippen molar-refractivity contribution in [2.75, 3.05) is 17.2 Å². The number of benzene rings is 2. The maximum atomic E-state index is 12.5. The van der Waals surface area contributed by atoms with Crippen molar-refractivity contribution < 1.29 is 9.59 Å². The summed E-state index contributed by atoms with van der Waals surface area (Å²) in [5.41, 5.74) is 4.45. The van der Waals surface area contributed by atoms with Gasteiger partial charge in [-0.3, -0.25) is 9.59 Å². The maximum absolute atomic E-state index is 12.5. The van der Waals surface area contributed by atoms with Crippen LogP contribution in [0.1, 0.15) is 60.5 Å². The number of aryl methyl sites for hydroxylation is 2. The van der Waals surface area contributed by atoms with Crippen molar-refractivity contribution >= 4 is 23.2 Å². The van der Waals surface area contributed by atoms with Gasteiger partial charge in [-0.1, -0.05) is 50.5 Å². The number of hydrogen-bond donors (Lipinski definition) is 3. The Morgan fingerprint density at radius 1 is 1.03 bits per heavy atom. The molecule has 0 unspecified atom stereocenters. The summed E-state index contributed by atoms with van der Waals surface area (Å²) < 4.78 is 0. The topological polar surface area (TPSA) is 70.2 Å². The van der Waals surface area contributed by atoms with Gasteiger partial charge in [-0.05, 0) is 55.5 Å². The Morgan fingerprint density at radius 2 is 1.79 bits per heavy atom. The highest BCUT2D eigenvalue weighted by molar-refractivity contribution is 5.97. The molecule has 0 radical (unpaired) electrons. The Labute approximate surface area is 173 Å². The van der Waals surface area contributed by atoms with E-state index >= 15 is 0 Å². The second kappa shape index (κ2) is 10.1. The molecule has 1 aliphatic rings. The second-order valence-corrected chi connectivity index (χ2v) is 7.75. The van der Waals surface area contributed by atoms with Gasteiger partial charge in [0.2, 0.25) is 5.91 Å². The first-order chi connectivity index (χ1) is 14.1. The highest BCUT2D eigenvalue weighted by Crippen LogP contribution is 2.21. The zero-order chi connectivity index (χ0) is 20.6. The van der Waals surface area contributed by atoms with Gasteiger partial charge in [-0.25, -0.2) is 0 Å². The fourth-order valence-corrected chi connectivity index (χ4v) is 3.85. The minimum absolute atomic E-state index is 0.0440. The molecule has 3 rings (SSSR count). The van der Waals surface area contributed by atoms with Crippen molar-refractivity contribution in [3.05, 3.63) is 59.2 Å². The van der Waals surface area contributed by atoms with E-state index in [1.54, 1.807) is 6.07 Å². The first-order valence-electron chi connectivity index (χ1n) is 10.6. The molecule has 0 aromatic heterocycles. The first-order valence-corrected chi connectivity index (χ1v) is 10.6. The molecular weight excluding hydrogens is 362 g/mol. The number of rotatable bonds is 7. The first kappa shape index (κ1) is 20.9. The summed E-state index contributed by atoms with van der Waals surface area (Å²) in [7, 11) is 0. The van der Waals surface area contributed by atoms with Gasteiger partial charge in [-0.2, -0.15) is 0 Å². The molecule has 2 amide bonds. The third-order valence-electron chi connectivity index (χ3n) is 5.52. The average molecular weight is 394 g/mol. The van der Waals surface area contributed by atoms with Gasteiger partial charge in [-0.15, -0.1) is 0 Å². The normalized spacial score (nSPS) is 14.3. The molecule has 5 heteroatoms. The van der Waals surface area contributed by atoms with Crippen molar-refractivity contribution in [1.29, 1.82) is 0 Å². The molecule has 1 fully saturated rings. The average Bonchev–Trinajstić information content (AvgIpc) is 2.74. The molecule has 5 nitrogen and oxygen atoms in total. The van der Waals surface area contributed by atoms with E-state index in [4.69, 9.17) is 0 Å². The van der Waals surface area contributed by atoms with E-state index in [-0.39, 0.29) is 24.4 Å². The summed E-state index contributed by atoms with van der Waals surface area (Å²) in [5.74, 6) is -0.149. The van der Waals surface area contributed by atoms with Crippen LogP contribution in [0.2, 0.25) is 0 Å². The Kier molecular flexibility index (Phi) is 7.28. The van der Waals surface area contributed by atoms with Crippen LogP contribution in [0.25, 0.3) is 0 Å². The number of carbonyl (C=O) groups excluding carboxylic acids is 2. The van der Waals surface area contributed by atoms with Crippen LogP contribution >= 0.6 is 0 Å². The standard InChI is InChI=1S/C24H31N3O2/c1-3-18-10-7-9-17(2)23(18)27-22(28)16-25-21-14-8-11-19(15-21)24(29)26-20-12-5-4-6-13-20/h7-11,14-15,20,25H,3-6,12-13,16H2,1-2H3,(H,26,29)(H,27,28). The van der Waals surface area contributed by atoms with Crippen LogP contribution in [0.4, 0.5) is 11.4 Å². The zero-order valence-electron chi connectivity index (χ0n) is 17.4. The van der Waals surface area contributed by atoms with Crippen molar-refractivity contribution in [2.24, 2.45) is 0 Å². The van der Waals surface area contributed by atoms with Gasteiger partial charge >= 0.3 is 0 Å². The Balaban J connectivity index is 1.56. The molecule has 0 spiro atoms. The van der Waals surface area contributed by atoms with Gasteiger partial charge < -0.3 is 16.0 Å². The smallest absolute Gasteiger partial charge is 0.251 e. The van der Waals surface area contributed by atoms with Crippen LogP contribution in [-0.2, 0) is 11.2 Å². The molecule has 0 aliphatic heterocycles. The minimum Gasteiger partial charge on any atom is -0.376 e. The minimum atomic E-state index is -0.105. The van der Waals surface area contributed by atoms with Gasteiger partial charge in [0.15, 0.2) is 0 Å². The maximum Gasteiger partial charge on any atom is 0.251 e. The third kappa shape index (κ3) is 5.83. The van der Waals surface area contributed by atoms with Crippen molar-refractivity contribution in [3.8, 4) is 0 Å². The summed E-state index contributed by atoms with van der Waals surface area (Å²) >= 11 is 0. The summed E-state index contributed by atoms with van der Waals surface area (Å²) in [6.07, 6.45) is 6.61. The van der Waals surface area contributed by atoms with Gasteiger partial charge in [0.05, 0.1) is 6.54 Å². The van der Waals surface area contributed by atoms with Gasteiger partial charge in [0, 0.05) is 23.0 Å². The van der Waals surface area contributed by atoms with E-state index in [2.05, 4.69) is 22.9 Å². The van der Waals surface area contributed by atoms with Crippen LogP contribution in [0.5, 0.6) is 0 Å². The number of anilines is 2. The van der Waals surface area contributed by atoms with Crippen molar-refractivity contribution in [3.63, 3.8) is 0 Å². The number of nitrogens with one attached hydrogen (secondary N) is 3. The molecule has 154 valence electrons. The highest BCUT2D eigenvalue weighted by Gasteiger charge is 2.17. The summed E-state index contributed by atoms with van der Waals surface area (Å²) in [5, 5.41) is 9.27. The lowest BCUT2D eigenvalue weighted by molar-refractivity contribution is -0.114. The fourth-order valence-electron chi connectivity index (χ4n) is 3.85. The number of para-hydroxylation sites is 1. The SMILES string of the molecule is CCc1cccc(C)c1NC(=O)CNc1cccc(C(=O)NC2CCCCC2)c1. The number of amides is 2. The summed E-state index contributed by atoms with van der Waals surface area (Å²) in [6.45, 7) is 4.22. The predicted octanol–water partition coefficient (Wildman–Crippen LogP) is 4.67. The lowest BCUT2D eigenvalue weighted by atomic mass is 9.95. The molecule has 1 aliphatic carbocycles. The zero-order valence-corrected chi connectivity index (χ0v) is 17.4. The molecule has 29 heavy (non-hydrogen) atoms. The monoisotopic (exact) mass is 393 g/mol. The van der Waals surface area contributed by atoms with Crippen LogP contribution in [0, 0.1) is 6.92 Å². The van der Waals surface area contributed by atoms with E-state index in [1.165, 1.54) is 19.3 Å². The molecule has 0 bridgehead atoms. The predicted molar refractivity (Wildman–Crippen MR) is 118 cm³/mol. The molecule has 3 N–H and O–H groups in total. The Bertz CT molecular complexity index is 857. The second-order valence-electron chi connectivity index (χ2n) is 7.75. The van der Waals surface area contributed by atoms with E-state index in [9.17, 15) is 9.59 Å². The molecule has 2 aromatic rings. The molecule has 0 heterocycles. The summed E-state index contributed by atoms with van der Waals surface area (Å²) in [6, 6.07) is 13.6. The number of hydrogen-bond acceptors (Lipinski definition) is 3. The Hall–Kier alpha value is -2.82. The molecular formula is C24H31N3O2. The summed E-state index contributed by atoms with van der Waals surface area (Å²) in [4.78, 5) is 25.0. The van der Waals surface area contributed by atoms with E-state index in [1.807, 2.05) is 43.3 Å². The molecule has 0 saturated heterocycles. The lowest BCUT2D eigenvalue weighted by Crippen LogP contribution is -2.36. The quantitative estimate of drug-likeness (QED) is 0.640. The Morgan fingerprint density at radius 3 is 2.55 bits per heavy atom. The fraction of sp³-hybridized carbons (Fsp3) is 0.417. The third-order valence-corrected chi connectivity index (χ3v) is 5.52. The van der Waals surface area contributed by atoms with E-state index in [0.29, 0.717) is 5.56 Å². The van der Waals surface area contributed by atoms with Gasteiger partial charge in [0.25, 0.3) is 5.91 Å². The van der Waals surface area contributed by atoms with Crippen LogP contribution < -0.4 is 16.0 Å². The number of carbonyl (C=O) groups is 2. The van der Waals surface area contributed by atoms with E-state index in [0.717, 1.165) is 41.8 Å². The van der Waals surface area contributed by atoms with Crippen molar-refractivity contribution in [1.82, 2.24) is 5.32 Å². The molecule has 2 aromatic carbocycles. The van der Waals surface area contributed by atoms with E-state index < -0.39 is 0 Å². The van der Waals surface area contributed by atoms with Crippen molar-refractivity contribution in [2.45, 2.75) is 58.4 Å². The van der Waals surface area contributed by atoms with Crippen LogP contribution in [0.15, 0.2) is 42.5 Å².